The van der Waals surface area contributed by atoms with Crippen molar-refractivity contribution in [1.82, 2.24) is 5.32 Å². The number of nitrogens with one attached hydrogen (secondary N) is 1. The average molecular weight is 372 g/mol. The van der Waals surface area contributed by atoms with Crippen LogP contribution in [0.5, 0.6) is 0 Å². The summed E-state index contributed by atoms with van der Waals surface area (Å²) in [5.74, 6) is -1.89. The van der Waals surface area contributed by atoms with Crippen LogP contribution < -0.4 is 11.1 Å². The van der Waals surface area contributed by atoms with Crippen LogP contribution in [0.15, 0.2) is 28.0 Å². The van der Waals surface area contributed by atoms with Crippen LogP contribution in [0.4, 0.5) is 5.69 Å². The number of hydrogen-bond acceptors (Lipinski definition) is 7. The van der Waals surface area contributed by atoms with Gasteiger partial charge in [0.25, 0.3) is 32.1 Å². The summed E-state index contributed by atoms with van der Waals surface area (Å²) < 4.78 is 64.0. The molecule has 126 valence electrons. The van der Waals surface area contributed by atoms with Gasteiger partial charge in [0.1, 0.15) is 4.90 Å². The van der Waals surface area contributed by atoms with Gasteiger partial charge in [0.15, 0.2) is 0 Å². The first-order valence-corrected chi connectivity index (χ1v) is 9.00. The molecule has 2 aromatic carbocycles. The third-order valence-corrected chi connectivity index (χ3v) is 5.23. The summed E-state index contributed by atoms with van der Waals surface area (Å²) in [6.07, 6.45) is 0. The minimum Gasteiger partial charge on any atom is -0.397 e. The number of imide groups is 1. The molecule has 1 heterocycles. The van der Waals surface area contributed by atoms with Gasteiger partial charge in [-0.3, -0.25) is 24.0 Å². The van der Waals surface area contributed by atoms with Crippen molar-refractivity contribution in [2.24, 2.45) is 0 Å². The first kappa shape index (κ1) is 16.3. The molecule has 0 fully saturated rings. The second-order valence-electron chi connectivity index (χ2n) is 4.96. The SMILES string of the molecule is Nc1c(S(=O)(=O)O)cc2c3c(cc(S(=O)(=O)O)cc13)C(=O)NC2=O. The zero-order valence-corrected chi connectivity index (χ0v) is 13.1. The topological polar surface area (TPSA) is 181 Å². The van der Waals surface area contributed by atoms with E-state index in [4.69, 9.17) is 5.73 Å². The maximum atomic E-state index is 11.9. The number of nitrogen functional groups attached to an aromatic ring is 1. The lowest BCUT2D eigenvalue weighted by Crippen LogP contribution is -2.35. The summed E-state index contributed by atoms with van der Waals surface area (Å²) >= 11 is 0. The van der Waals surface area contributed by atoms with E-state index in [1.807, 2.05) is 5.32 Å². The second kappa shape index (κ2) is 4.73. The molecule has 0 aromatic heterocycles. The predicted molar refractivity (Wildman–Crippen MR) is 79.8 cm³/mol. The van der Waals surface area contributed by atoms with Gasteiger partial charge in [-0.25, -0.2) is 0 Å². The van der Waals surface area contributed by atoms with Gasteiger partial charge in [-0.1, -0.05) is 0 Å². The van der Waals surface area contributed by atoms with Gasteiger partial charge in [-0.05, 0) is 18.2 Å². The molecule has 3 rings (SSSR count). The lowest BCUT2D eigenvalue weighted by molar-refractivity contribution is 0.0844. The van der Waals surface area contributed by atoms with E-state index in [0.29, 0.717) is 0 Å². The number of nitrogens with two attached hydrogens (primary N) is 1. The molecule has 12 heteroatoms. The molecule has 0 spiro atoms. The van der Waals surface area contributed by atoms with Crippen molar-refractivity contribution in [3.05, 3.63) is 29.3 Å². The fraction of sp³-hybridized carbons (Fsp3) is 0. The van der Waals surface area contributed by atoms with Crippen LogP contribution in [0.25, 0.3) is 10.8 Å². The van der Waals surface area contributed by atoms with Crippen molar-refractivity contribution >= 4 is 48.5 Å². The average Bonchev–Trinajstić information content (AvgIpc) is 2.43. The zero-order valence-electron chi connectivity index (χ0n) is 11.5. The quantitative estimate of drug-likeness (QED) is 0.315. The van der Waals surface area contributed by atoms with Gasteiger partial charge in [0.05, 0.1) is 10.6 Å². The van der Waals surface area contributed by atoms with Gasteiger partial charge in [0, 0.05) is 21.9 Å². The first-order valence-electron chi connectivity index (χ1n) is 6.12. The van der Waals surface area contributed by atoms with Crippen molar-refractivity contribution in [3.63, 3.8) is 0 Å². The van der Waals surface area contributed by atoms with Crippen LogP contribution in [-0.2, 0) is 20.2 Å². The first-order chi connectivity index (χ1) is 10.9. The summed E-state index contributed by atoms with van der Waals surface area (Å²) in [5.41, 5.74) is 4.52. The number of anilines is 1. The van der Waals surface area contributed by atoms with Crippen LogP contribution in [0.1, 0.15) is 20.7 Å². The summed E-state index contributed by atoms with van der Waals surface area (Å²) in [4.78, 5) is 22.3. The van der Waals surface area contributed by atoms with Crippen LogP contribution in [0.2, 0.25) is 0 Å². The van der Waals surface area contributed by atoms with Crippen LogP contribution in [0, 0.1) is 0 Å². The Bertz CT molecular complexity index is 1150. The standard InChI is InChI=1S/C12H8N2O8S2/c13-10-5-1-4(23(17,18)19)2-6-9(5)7(12(16)14-11(6)15)3-8(10)24(20,21)22/h1-3H,13H2,(H,14,15,16)(H,17,18,19)(H,20,21,22). The molecule has 5 N–H and O–H groups in total. The smallest absolute Gasteiger partial charge is 0.296 e. The summed E-state index contributed by atoms with van der Waals surface area (Å²) in [6, 6.07) is 2.43. The molecule has 0 bridgehead atoms. The van der Waals surface area contributed by atoms with E-state index < -0.39 is 47.5 Å². The summed E-state index contributed by atoms with van der Waals surface area (Å²) in [6.45, 7) is 0. The zero-order chi connectivity index (χ0) is 18.0. The molecule has 0 atom stereocenters. The Morgan fingerprint density at radius 2 is 1.42 bits per heavy atom. The van der Waals surface area contributed by atoms with Gasteiger partial charge in [-0.2, -0.15) is 16.8 Å². The highest BCUT2D eigenvalue weighted by Crippen LogP contribution is 2.37. The summed E-state index contributed by atoms with van der Waals surface area (Å²) in [5, 5.41) is 1.53. The Balaban J connectivity index is 2.63. The number of rotatable bonds is 2. The van der Waals surface area contributed by atoms with E-state index in [2.05, 4.69) is 0 Å². The normalized spacial score (nSPS) is 14.8. The molecule has 0 saturated heterocycles. The highest BCUT2D eigenvalue weighted by atomic mass is 32.2. The molecule has 1 aliphatic heterocycles. The Labute approximate surface area is 134 Å². The molecule has 0 saturated carbocycles. The van der Waals surface area contributed by atoms with Crippen LogP contribution in [-0.4, -0.2) is 37.8 Å². The van der Waals surface area contributed by atoms with E-state index in [9.17, 15) is 35.5 Å². The molecule has 0 radical (unpaired) electrons. The van der Waals surface area contributed by atoms with Crippen molar-refractivity contribution in [3.8, 4) is 0 Å². The van der Waals surface area contributed by atoms with Crippen molar-refractivity contribution < 1.29 is 35.5 Å². The molecular weight excluding hydrogens is 364 g/mol. The molecule has 0 unspecified atom stereocenters. The lowest BCUT2D eigenvalue weighted by Gasteiger charge is -2.19. The molecular formula is C12H8N2O8S2. The predicted octanol–water partition coefficient (Wildman–Crippen LogP) is -0.201. The Hall–Kier alpha value is -2.54. The Kier molecular flexibility index (Phi) is 3.22. The highest BCUT2D eigenvalue weighted by molar-refractivity contribution is 7.86. The van der Waals surface area contributed by atoms with Crippen LogP contribution in [0.3, 0.4) is 0 Å². The fourth-order valence-electron chi connectivity index (χ4n) is 2.49. The maximum Gasteiger partial charge on any atom is 0.296 e. The third-order valence-electron chi connectivity index (χ3n) is 3.50. The number of carbonyl (C=O) groups excluding carboxylic acids is 2. The van der Waals surface area contributed by atoms with Gasteiger partial charge >= 0.3 is 0 Å². The Morgan fingerprint density at radius 1 is 0.875 bits per heavy atom. The van der Waals surface area contributed by atoms with Crippen molar-refractivity contribution in [2.75, 3.05) is 5.73 Å². The summed E-state index contributed by atoms with van der Waals surface area (Å²) in [7, 11) is -9.58. The van der Waals surface area contributed by atoms with Crippen LogP contribution >= 0.6 is 0 Å². The van der Waals surface area contributed by atoms with E-state index in [1.54, 1.807) is 0 Å². The van der Waals surface area contributed by atoms with E-state index in [1.165, 1.54) is 0 Å². The number of carbonyl (C=O) groups is 2. The second-order valence-corrected chi connectivity index (χ2v) is 7.77. The lowest BCUT2D eigenvalue weighted by atomic mass is 9.94. The molecule has 10 nitrogen and oxygen atoms in total. The van der Waals surface area contributed by atoms with E-state index in [0.717, 1.165) is 18.2 Å². The third kappa shape index (κ3) is 2.32. The monoisotopic (exact) mass is 372 g/mol. The van der Waals surface area contributed by atoms with Gasteiger partial charge in [0.2, 0.25) is 0 Å². The molecule has 2 aromatic rings. The maximum absolute atomic E-state index is 11.9. The molecule has 1 aliphatic rings. The fourth-order valence-corrected chi connectivity index (χ4v) is 3.68. The van der Waals surface area contributed by atoms with E-state index in [-0.39, 0.29) is 21.9 Å². The van der Waals surface area contributed by atoms with Gasteiger partial charge < -0.3 is 5.73 Å². The van der Waals surface area contributed by atoms with Gasteiger partial charge in [-0.15, -0.1) is 0 Å². The largest absolute Gasteiger partial charge is 0.397 e. The van der Waals surface area contributed by atoms with E-state index >= 15 is 0 Å². The minimum atomic E-state index is -4.83. The molecule has 24 heavy (non-hydrogen) atoms. The number of amides is 2. The number of benzene rings is 2. The molecule has 0 aliphatic carbocycles. The Morgan fingerprint density at radius 3 is 1.92 bits per heavy atom. The number of hydrogen-bond donors (Lipinski definition) is 4. The molecule has 2 amide bonds. The van der Waals surface area contributed by atoms with Crippen molar-refractivity contribution in [2.45, 2.75) is 9.79 Å². The minimum absolute atomic E-state index is 0.0824. The highest BCUT2D eigenvalue weighted by Gasteiger charge is 2.31. The van der Waals surface area contributed by atoms with Crippen molar-refractivity contribution in [1.29, 1.82) is 0 Å².